The highest BCUT2D eigenvalue weighted by Crippen LogP contribution is 2.33. The molecule has 0 aliphatic heterocycles. The normalized spacial score (nSPS) is 11.0. The summed E-state index contributed by atoms with van der Waals surface area (Å²) < 4.78 is 10.4. The maximum absolute atomic E-state index is 11.7. The van der Waals surface area contributed by atoms with Crippen LogP contribution in [-0.2, 0) is 4.74 Å². The van der Waals surface area contributed by atoms with Gasteiger partial charge in [-0.15, -0.1) is 0 Å². The van der Waals surface area contributed by atoms with Crippen molar-refractivity contribution in [1.82, 2.24) is 0 Å². The number of furan rings is 1. The van der Waals surface area contributed by atoms with Gasteiger partial charge in [0.05, 0.1) is 7.11 Å². The van der Waals surface area contributed by atoms with E-state index in [1.165, 1.54) is 7.11 Å². The van der Waals surface area contributed by atoms with Crippen LogP contribution >= 0.6 is 11.6 Å². The third kappa shape index (κ3) is 1.56. The van der Waals surface area contributed by atoms with E-state index in [0.717, 1.165) is 16.4 Å². The second-order valence-corrected chi connectivity index (χ2v) is 4.36. The molecule has 3 rings (SSSR count). The highest BCUT2D eigenvalue weighted by atomic mass is 35.5. The standard InChI is InChI=1S/C14H9ClO3/c1-17-14(16)11-7-8(15)6-10-9-4-2-3-5-12(9)18-13(10)11/h2-7H,1H3. The van der Waals surface area contributed by atoms with E-state index in [9.17, 15) is 4.79 Å². The summed E-state index contributed by atoms with van der Waals surface area (Å²) in [6, 6.07) is 10.9. The number of carbonyl (C=O) groups excluding carboxylic acids is 1. The van der Waals surface area contributed by atoms with Crippen LogP contribution in [0.25, 0.3) is 21.9 Å². The Kier molecular flexibility index (Phi) is 2.49. The number of hydrogen-bond donors (Lipinski definition) is 0. The van der Waals surface area contributed by atoms with Crippen molar-refractivity contribution >= 4 is 39.5 Å². The second kappa shape index (κ2) is 4.03. The zero-order chi connectivity index (χ0) is 12.7. The highest BCUT2D eigenvalue weighted by molar-refractivity contribution is 6.32. The minimum atomic E-state index is -0.457. The number of para-hydroxylation sites is 1. The van der Waals surface area contributed by atoms with Crippen molar-refractivity contribution in [3.63, 3.8) is 0 Å². The summed E-state index contributed by atoms with van der Waals surface area (Å²) in [7, 11) is 1.33. The first-order valence-corrected chi connectivity index (χ1v) is 5.77. The van der Waals surface area contributed by atoms with Gasteiger partial charge in [0.15, 0.2) is 0 Å². The van der Waals surface area contributed by atoms with Gasteiger partial charge in [-0.1, -0.05) is 29.8 Å². The van der Waals surface area contributed by atoms with Gasteiger partial charge < -0.3 is 9.15 Å². The Labute approximate surface area is 108 Å². The number of halogens is 1. The Morgan fingerprint density at radius 1 is 1.22 bits per heavy atom. The number of hydrogen-bond acceptors (Lipinski definition) is 3. The van der Waals surface area contributed by atoms with Crippen LogP contribution in [0.5, 0.6) is 0 Å². The van der Waals surface area contributed by atoms with Crippen LogP contribution in [-0.4, -0.2) is 13.1 Å². The molecule has 0 amide bonds. The number of rotatable bonds is 1. The largest absolute Gasteiger partial charge is 0.465 e. The molecule has 0 aliphatic carbocycles. The van der Waals surface area contributed by atoms with Gasteiger partial charge in [-0.2, -0.15) is 0 Å². The van der Waals surface area contributed by atoms with Crippen molar-refractivity contribution in [2.45, 2.75) is 0 Å². The van der Waals surface area contributed by atoms with Crippen molar-refractivity contribution in [3.8, 4) is 0 Å². The monoisotopic (exact) mass is 260 g/mol. The zero-order valence-corrected chi connectivity index (χ0v) is 10.3. The molecule has 4 heteroatoms. The fourth-order valence-corrected chi connectivity index (χ4v) is 2.27. The molecule has 0 unspecified atom stereocenters. The summed E-state index contributed by atoms with van der Waals surface area (Å²) in [5.74, 6) is -0.457. The zero-order valence-electron chi connectivity index (χ0n) is 9.57. The van der Waals surface area contributed by atoms with Crippen LogP contribution in [0.3, 0.4) is 0 Å². The van der Waals surface area contributed by atoms with Gasteiger partial charge in [0.2, 0.25) is 0 Å². The van der Waals surface area contributed by atoms with Crippen LogP contribution in [0.2, 0.25) is 5.02 Å². The molecule has 0 saturated heterocycles. The third-order valence-electron chi connectivity index (χ3n) is 2.85. The minimum Gasteiger partial charge on any atom is -0.465 e. The van der Waals surface area contributed by atoms with Crippen LogP contribution in [0.15, 0.2) is 40.8 Å². The van der Waals surface area contributed by atoms with Gasteiger partial charge >= 0.3 is 5.97 Å². The van der Waals surface area contributed by atoms with Crippen molar-refractivity contribution in [1.29, 1.82) is 0 Å². The molecule has 18 heavy (non-hydrogen) atoms. The molecule has 0 aliphatic rings. The molecular weight excluding hydrogens is 252 g/mol. The molecular formula is C14H9ClO3. The van der Waals surface area contributed by atoms with Crippen molar-refractivity contribution in [2.24, 2.45) is 0 Å². The molecule has 0 N–H and O–H groups in total. The fraction of sp³-hybridized carbons (Fsp3) is 0.0714. The van der Waals surface area contributed by atoms with E-state index in [0.29, 0.717) is 16.2 Å². The van der Waals surface area contributed by atoms with Crippen LogP contribution in [0, 0.1) is 0 Å². The first-order chi connectivity index (χ1) is 8.70. The van der Waals surface area contributed by atoms with Crippen LogP contribution in [0.4, 0.5) is 0 Å². The van der Waals surface area contributed by atoms with E-state index in [1.807, 2.05) is 24.3 Å². The molecule has 2 aromatic carbocycles. The van der Waals surface area contributed by atoms with Gasteiger partial charge in [-0.25, -0.2) is 4.79 Å². The third-order valence-corrected chi connectivity index (χ3v) is 3.07. The Morgan fingerprint density at radius 2 is 2.00 bits per heavy atom. The molecule has 3 nitrogen and oxygen atoms in total. The first-order valence-electron chi connectivity index (χ1n) is 5.40. The predicted octanol–water partition coefficient (Wildman–Crippen LogP) is 4.03. The number of carbonyl (C=O) groups is 1. The molecule has 0 radical (unpaired) electrons. The SMILES string of the molecule is COC(=O)c1cc(Cl)cc2c1oc1ccccc12. The lowest BCUT2D eigenvalue weighted by Crippen LogP contribution is -2.01. The van der Waals surface area contributed by atoms with Crippen molar-refractivity contribution in [3.05, 3.63) is 47.0 Å². The van der Waals surface area contributed by atoms with Gasteiger partial charge in [0, 0.05) is 15.8 Å². The summed E-state index contributed by atoms with van der Waals surface area (Å²) >= 11 is 6.03. The Hall–Kier alpha value is -2.00. The summed E-state index contributed by atoms with van der Waals surface area (Å²) in [6.07, 6.45) is 0. The quantitative estimate of drug-likeness (QED) is 0.620. The average molecular weight is 261 g/mol. The molecule has 0 bridgehead atoms. The summed E-state index contributed by atoms with van der Waals surface area (Å²) in [6.45, 7) is 0. The van der Waals surface area contributed by atoms with Crippen molar-refractivity contribution in [2.75, 3.05) is 7.11 Å². The maximum atomic E-state index is 11.7. The number of esters is 1. The van der Waals surface area contributed by atoms with Gasteiger partial charge in [-0.05, 0) is 18.2 Å². The number of fused-ring (bicyclic) bond motifs is 3. The minimum absolute atomic E-state index is 0.344. The molecule has 0 spiro atoms. The number of ether oxygens (including phenoxy) is 1. The number of benzene rings is 2. The van der Waals surface area contributed by atoms with E-state index >= 15 is 0 Å². The lowest BCUT2D eigenvalue weighted by Gasteiger charge is -2.00. The highest BCUT2D eigenvalue weighted by Gasteiger charge is 2.17. The van der Waals surface area contributed by atoms with Crippen LogP contribution in [0.1, 0.15) is 10.4 Å². The van der Waals surface area contributed by atoms with Crippen molar-refractivity contribution < 1.29 is 13.9 Å². The number of methoxy groups -OCH3 is 1. The topological polar surface area (TPSA) is 39.4 Å². The van der Waals surface area contributed by atoms with Gasteiger partial charge in [-0.3, -0.25) is 0 Å². The summed E-state index contributed by atoms with van der Waals surface area (Å²) in [4.78, 5) is 11.7. The molecule has 1 aromatic heterocycles. The Morgan fingerprint density at radius 3 is 2.78 bits per heavy atom. The fourth-order valence-electron chi connectivity index (χ4n) is 2.05. The lowest BCUT2D eigenvalue weighted by atomic mass is 10.1. The Bertz CT molecular complexity index is 758. The van der Waals surface area contributed by atoms with E-state index in [-0.39, 0.29) is 0 Å². The van der Waals surface area contributed by atoms with E-state index in [4.69, 9.17) is 20.8 Å². The van der Waals surface area contributed by atoms with E-state index in [1.54, 1.807) is 12.1 Å². The first kappa shape index (κ1) is 11.1. The second-order valence-electron chi connectivity index (χ2n) is 3.92. The average Bonchev–Trinajstić information content (AvgIpc) is 2.75. The summed E-state index contributed by atoms with van der Waals surface area (Å²) in [5, 5.41) is 2.23. The van der Waals surface area contributed by atoms with Gasteiger partial charge in [0.1, 0.15) is 16.7 Å². The van der Waals surface area contributed by atoms with Crippen LogP contribution < -0.4 is 0 Å². The Balaban J connectivity index is 2.47. The molecule has 0 atom stereocenters. The smallest absolute Gasteiger partial charge is 0.341 e. The van der Waals surface area contributed by atoms with E-state index < -0.39 is 5.97 Å². The molecule has 0 saturated carbocycles. The predicted molar refractivity (Wildman–Crippen MR) is 70.1 cm³/mol. The molecule has 1 heterocycles. The maximum Gasteiger partial charge on any atom is 0.341 e. The van der Waals surface area contributed by atoms with Gasteiger partial charge in [0.25, 0.3) is 0 Å². The molecule has 90 valence electrons. The molecule has 0 fully saturated rings. The summed E-state index contributed by atoms with van der Waals surface area (Å²) in [5.41, 5.74) is 1.57. The lowest BCUT2D eigenvalue weighted by molar-refractivity contribution is 0.0602. The van der Waals surface area contributed by atoms with E-state index in [2.05, 4.69) is 0 Å². The molecule has 3 aromatic rings.